The van der Waals surface area contributed by atoms with Gasteiger partial charge in [0.2, 0.25) is 0 Å². The van der Waals surface area contributed by atoms with E-state index in [0.717, 1.165) is 19.0 Å². The smallest absolute Gasteiger partial charge is 0.0897 e. The predicted octanol–water partition coefficient (Wildman–Crippen LogP) is 0.0715. The summed E-state index contributed by atoms with van der Waals surface area (Å²) in [6, 6.07) is 0. The van der Waals surface area contributed by atoms with Gasteiger partial charge in [-0.1, -0.05) is 6.92 Å². The molecule has 72 valence electrons. The number of aliphatic hydroxyl groups is 2. The normalized spacial score (nSPS) is 24.2. The summed E-state index contributed by atoms with van der Waals surface area (Å²) in [6.07, 6.45) is 1.88. The minimum Gasteiger partial charge on any atom is -0.394 e. The van der Waals surface area contributed by atoms with Crippen molar-refractivity contribution in [1.29, 1.82) is 0 Å². The molecule has 1 heterocycles. The molecule has 2 N–H and O–H groups in total. The molecule has 0 amide bonds. The van der Waals surface area contributed by atoms with Crippen LogP contribution < -0.4 is 0 Å². The number of likely N-dealkylation sites (tertiary alicyclic amines) is 1. The topological polar surface area (TPSA) is 43.7 Å². The van der Waals surface area contributed by atoms with Crippen molar-refractivity contribution in [1.82, 2.24) is 4.90 Å². The lowest BCUT2D eigenvalue weighted by molar-refractivity contribution is 0.0485. The van der Waals surface area contributed by atoms with Crippen molar-refractivity contribution in [3.8, 4) is 0 Å². The molecule has 12 heavy (non-hydrogen) atoms. The quantitative estimate of drug-likeness (QED) is 0.635. The second-order valence-corrected chi connectivity index (χ2v) is 3.82. The number of hydrogen-bond donors (Lipinski definition) is 2. The maximum absolute atomic E-state index is 9.18. The second kappa shape index (κ2) is 4.80. The Hall–Kier alpha value is -0.120. The molecule has 1 atom stereocenters. The maximum Gasteiger partial charge on any atom is 0.0897 e. The summed E-state index contributed by atoms with van der Waals surface area (Å²) in [7, 11) is 0. The van der Waals surface area contributed by atoms with E-state index in [2.05, 4.69) is 11.8 Å². The van der Waals surface area contributed by atoms with Gasteiger partial charge in [0.15, 0.2) is 0 Å². The number of β-amino-alcohol motifs (C(OH)–C–C–N with tert-alkyl or cyclic N) is 1. The summed E-state index contributed by atoms with van der Waals surface area (Å²) in [5, 5.41) is 17.8. The van der Waals surface area contributed by atoms with E-state index in [1.165, 1.54) is 12.8 Å². The molecular formula is C9H19NO2. The van der Waals surface area contributed by atoms with Gasteiger partial charge in [-0.05, 0) is 31.8 Å². The zero-order valence-electron chi connectivity index (χ0n) is 7.74. The summed E-state index contributed by atoms with van der Waals surface area (Å²) in [5.41, 5.74) is 0. The summed E-state index contributed by atoms with van der Waals surface area (Å²) in [5.74, 6) is 0.826. The zero-order chi connectivity index (χ0) is 8.97. The molecule has 1 unspecified atom stereocenters. The standard InChI is InChI=1S/C9H19NO2/c1-8-2-4-10(5-3-8)6-9(12)7-11/h8-9,11-12H,2-7H2,1H3. The van der Waals surface area contributed by atoms with Gasteiger partial charge in [-0.25, -0.2) is 0 Å². The van der Waals surface area contributed by atoms with Crippen LogP contribution in [0.15, 0.2) is 0 Å². The molecule has 1 aliphatic heterocycles. The molecule has 0 aromatic carbocycles. The van der Waals surface area contributed by atoms with E-state index in [0.29, 0.717) is 6.54 Å². The third kappa shape index (κ3) is 3.09. The van der Waals surface area contributed by atoms with Crippen LogP contribution in [0.1, 0.15) is 19.8 Å². The molecule has 1 saturated heterocycles. The lowest BCUT2D eigenvalue weighted by Gasteiger charge is -2.31. The number of rotatable bonds is 3. The van der Waals surface area contributed by atoms with Crippen molar-refractivity contribution in [3.63, 3.8) is 0 Å². The second-order valence-electron chi connectivity index (χ2n) is 3.82. The first-order valence-electron chi connectivity index (χ1n) is 4.73. The Bertz CT molecular complexity index is 122. The number of hydrogen-bond acceptors (Lipinski definition) is 3. The molecular weight excluding hydrogens is 154 g/mol. The van der Waals surface area contributed by atoms with Crippen molar-refractivity contribution in [2.24, 2.45) is 5.92 Å². The Morgan fingerprint density at radius 2 is 2.00 bits per heavy atom. The van der Waals surface area contributed by atoms with Crippen LogP contribution in [0.5, 0.6) is 0 Å². The lowest BCUT2D eigenvalue weighted by Crippen LogP contribution is -2.39. The molecule has 0 bridgehead atoms. The molecule has 1 fully saturated rings. The van der Waals surface area contributed by atoms with Gasteiger partial charge in [-0.3, -0.25) is 0 Å². The Morgan fingerprint density at radius 3 is 2.50 bits per heavy atom. The van der Waals surface area contributed by atoms with Gasteiger partial charge in [-0.2, -0.15) is 0 Å². The van der Waals surface area contributed by atoms with Crippen LogP contribution in [0.3, 0.4) is 0 Å². The van der Waals surface area contributed by atoms with Crippen LogP contribution >= 0.6 is 0 Å². The van der Waals surface area contributed by atoms with E-state index in [1.54, 1.807) is 0 Å². The molecule has 0 spiro atoms. The van der Waals surface area contributed by atoms with Crippen molar-refractivity contribution in [3.05, 3.63) is 0 Å². The van der Waals surface area contributed by atoms with E-state index in [-0.39, 0.29) is 6.61 Å². The van der Waals surface area contributed by atoms with E-state index in [1.807, 2.05) is 0 Å². The van der Waals surface area contributed by atoms with Crippen LogP contribution in [-0.2, 0) is 0 Å². The van der Waals surface area contributed by atoms with E-state index in [4.69, 9.17) is 5.11 Å². The largest absolute Gasteiger partial charge is 0.394 e. The van der Waals surface area contributed by atoms with E-state index < -0.39 is 6.10 Å². The van der Waals surface area contributed by atoms with Crippen molar-refractivity contribution < 1.29 is 10.2 Å². The third-order valence-corrected chi connectivity index (χ3v) is 2.56. The van der Waals surface area contributed by atoms with Crippen LogP contribution in [-0.4, -0.2) is 47.5 Å². The molecule has 0 aliphatic carbocycles. The fourth-order valence-corrected chi connectivity index (χ4v) is 1.60. The zero-order valence-corrected chi connectivity index (χ0v) is 7.74. The van der Waals surface area contributed by atoms with Gasteiger partial charge < -0.3 is 15.1 Å². The Kier molecular flexibility index (Phi) is 3.98. The van der Waals surface area contributed by atoms with Gasteiger partial charge in [0.1, 0.15) is 0 Å². The monoisotopic (exact) mass is 173 g/mol. The SMILES string of the molecule is CC1CCN(CC(O)CO)CC1. The minimum absolute atomic E-state index is 0.119. The molecule has 0 aromatic rings. The average molecular weight is 173 g/mol. The first kappa shape index (κ1) is 9.96. The van der Waals surface area contributed by atoms with Crippen LogP contribution in [0.4, 0.5) is 0 Å². The van der Waals surface area contributed by atoms with Gasteiger partial charge >= 0.3 is 0 Å². The van der Waals surface area contributed by atoms with Crippen LogP contribution in [0, 0.1) is 5.92 Å². The Balaban J connectivity index is 2.17. The lowest BCUT2D eigenvalue weighted by atomic mass is 9.99. The Labute approximate surface area is 74.0 Å². The number of nitrogens with zero attached hydrogens (tertiary/aromatic N) is 1. The Morgan fingerprint density at radius 1 is 1.42 bits per heavy atom. The number of piperidine rings is 1. The van der Waals surface area contributed by atoms with Gasteiger partial charge in [0.05, 0.1) is 12.7 Å². The van der Waals surface area contributed by atoms with Crippen molar-refractivity contribution in [2.45, 2.75) is 25.9 Å². The summed E-state index contributed by atoms with van der Waals surface area (Å²) >= 11 is 0. The fourth-order valence-electron chi connectivity index (χ4n) is 1.60. The molecule has 0 aromatic heterocycles. The maximum atomic E-state index is 9.18. The van der Waals surface area contributed by atoms with Gasteiger partial charge in [0.25, 0.3) is 0 Å². The molecule has 1 rings (SSSR count). The fraction of sp³-hybridized carbons (Fsp3) is 1.00. The van der Waals surface area contributed by atoms with Crippen LogP contribution in [0.2, 0.25) is 0 Å². The van der Waals surface area contributed by atoms with Crippen molar-refractivity contribution >= 4 is 0 Å². The average Bonchev–Trinajstić information content (AvgIpc) is 2.09. The summed E-state index contributed by atoms with van der Waals surface area (Å²) < 4.78 is 0. The highest BCUT2D eigenvalue weighted by Gasteiger charge is 2.17. The van der Waals surface area contributed by atoms with E-state index >= 15 is 0 Å². The number of aliphatic hydroxyl groups excluding tert-OH is 2. The third-order valence-electron chi connectivity index (χ3n) is 2.56. The van der Waals surface area contributed by atoms with Gasteiger partial charge in [0, 0.05) is 6.54 Å². The molecule has 0 radical (unpaired) electrons. The summed E-state index contributed by atoms with van der Waals surface area (Å²) in [4.78, 5) is 2.22. The summed E-state index contributed by atoms with van der Waals surface area (Å²) in [6.45, 7) is 4.91. The van der Waals surface area contributed by atoms with Crippen LogP contribution in [0.25, 0.3) is 0 Å². The molecule has 3 heteroatoms. The first-order valence-corrected chi connectivity index (χ1v) is 4.73. The van der Waals surface area contributed by atoms with Gasteiger partial charge in [-0.15, -0.1) is 0 Å². The first-order chi connectivity index (χ1) is 5.72. The highest BCUT2D eigenvalue weighted by Crippen LogP contribution is 2.15. The van der Waals surface area contributed by atoms with E-state index in [9.17, 15) is 5.11 Å². The molecule has 0 saturated carbocycles. The molecule has 1 aliphatic rings. The van der Waals surface area contributed by atoms with Crippen molar-refractivity contribution in [2.75, 3.05) is 26.2 Å². The highest BCUT2D eigenvalue weighted by molar-refractivity contribution is 4.71. The highest BCUT2D eigenvalue weighted by atomic mass is 16.3. The molecule has 3 nitrogen and oxygen atoms in total. The predicted molar refractivity (Wildman–Crippen MR) is 47.9 cm³/mol. The minimum atomic E-state index is -0.557.